The molecule has 3 amide bonds. The molecule has 1 fully saturated rings. The molecule has 30 heavy (non-hydrogen) atoms. The number of pyridine rings is 1. The standard InChI is InChI=1S/C22H21N3O4.ClH/c26-17(12-15-7-9-23-10-8-15)3-1-14-2-4-18-16(11-14)13-25(22(18)29)19-5-6-20(27)24-21(19)28;/h2,4,7-11,19H,1,3,5-6,12-13H2,(H,24,27,28);1H. The van der Waals surface area contributed by atoms with Gasteiger partial charge in [-0.2, -0.15) is 0 Å². The maximum Gasteiger partial charge on any atom is 0.255 e. The second-order valence-electron chi connectivity index (χ2n) is 7.46. The van der Waals surface area contributed by atoms with Crippen LogP contribution in [0, 0.1) is 0 Å². The van der Waals surface area contributed by atoms with Gasteiger partial charge in [0.2, 0.25) is 11.8 Å². The molecule has 2 aliphatic rings. The third kappa shape index (κ3) is 4.57. The third-order valence-corrected chi connectivity index (χ3v) is 5.43. The number of carbonyl (C=O) groups is 4. The van der Waals surface area contributed by atoms with Gasteiger partial charge >= 0.3 is 0 Å². The summed E-state index contributed by atoms with van der Waals surface area (Å²) in [5, 5.41) is 2.30. The van der Waals surface area contributed by atoms with Crippen molar-refractivity contribution in [3.8, 4) is 0 Å². The topological polar surface area (TPSA) is 96.4 Å². The summed E-state index contributed by atoms with van der Waals surface area (Å²) in [5.41, 5.74) is 3.38. The highest BCUT2D eigenvalue weighted by Crippen LogP contribution is 2.28. The lowest BCUT2D eigenvalue weighted by atomic mass is 10.00. The first-order chi connectivity index (χ1) is 14.0. The second-order valence-corrected chi connectivity index (χ2v) is 7.46. The minimum Gasteiger partial charge on any atom is -0.322 e. The van der Waals surface area contributed by atoms with E-state index in [0.717, 1.165) is 16.7 Å². The van der Waals surface area contributed by atoms with Crippen LogP contribution in [0.5, 0.6) is 0 Å². The number of aromatic nitrogens is 1. The molecule has 1 unspecified atom stereocenters. The molecule has 156 valence electrons. The fraction of sp³-hybridized carbons (Fsp3) is 0.318. The molecule has 1 N–H and O–H groups in total. The number of hydrogen-bond donors (Lipinski definition) is 1. The van der Waals surface area contributed by atoms with Crippen LogP contribution in [0.25, 0.3) is 0 Å². The number of piperidine rings is 1. The lowest BCUT2D eigenvalue weighted by molar-refractivity contribution is -0.137. The zero-order valence-electron chi connectivity index (χ0n) is 16.3. The van der Waals surface area contributed by atoms with E-state index in [1.807, 2.05) is 24.3 Å². The van der Waals surface area contributed by atoms with Crippen LogP contribution in [-0.2, 0) is 33.8 Å². The van der Waals surface area contributed by atoms with Crippen molar-refractivity contribution in [2.24, 2.45) is 0 Å². The summed E-state index contributed by atoms with van der Waals surface area (Å²) in [6.07, 6.45) is 5.34. The first kappa shape index (κ1) is 21.6. The van der Waals surface area contributed by atoms with E-state index >= 15 is 0 Å². The van der Waals surface area contributed by atoms with Crippen molar-refractivity contribution < 1.29 is 19.2 Å². The Bertz CT molecular complexity index is 993. The van der Waals surface area contributed by atoms with Crippen molar-refractivity contribution in [3.63, 3.8) is 0 Å². The number of rotatable bonds is 6. The number of halogens is 1. The Kier molecular flexibility index (Phi) is 6.62. The molecule has 1 atom stereocenters. The summed E-state index contributed by atoms with van der Waals surface area (Å²) in [6, 6.07) is 8.64. The number of carbonyl (C=O) groups excluding carboxylic acids is 4. The van der Waals surface area contributed by atoms with Crippen molar-refractivity contribution in [1.82, 2.24) is 15.2 Å². The van der Waals surface area contributed by atoms with Gasteiger partial charge in [-0.25, -0.2) is 0 Å². The molecule has 2 aromatic rings. The fourth-order valence-corrected chi connectivity index (χ4v) is 3.88. The quantitative estimate of drug-likeness (QED) is 0.711. The number of ketones is 1. The molecular weight excluding hydrogens is 406 g/mol. The second kappa shape index (κ2) is 9.17. The van der Waals surface area contributed by atoms with Crippen LogP contribution in [0.4, 0.5) is 0 Å². The molecule has 1 saturated heterocycles. The first-order valence-electron chi connectivity index (χ1n) is 9.68. The summed E-state index contributed by atoms with van der Waals surface area (Å²) in [6.45, 7) is 0.346. The fourth-order valence-electron chi connectivity index (χ4n) is 3.88. The normalized spacial score (nSPS) is 17.9. The average Bonchev–Trinajstić information content (AvgIpc) is 3.03. The summed E-state index contributed by atoms with van der Waals surface area (Å²) in [5.74, 6) is -0.744. The Hall–Kier alpha value is -3.06. The molecular formula is C22H22ClN3O4. The molecule has 2 aliphatic heterocycles. The van der Waals surface area contributed by atoms with Crippen molar-refractivity contribution in [1.29, 1.82) is 0 Å². The number of fused-ring (bicyclic) bond motifs is 1. The highest BCUT2D eigenvalue weighted by atomic mass is 35.5. The number of nitrogens with zero attached hydrogens (tertiary/aromatic N) is 2. The number of imide groups is 1. The highest BCUT2D eigenvalue weighted by molar-refractivity contribution is 6.05. The summed E-state index contributed by atoms with van der Waals surface area (Å²) in [4.78, 5) is 53.9. The van der Waals surface area contributed by atoms with E-state index < -0.39 is 11.9 Å². The summed E-state index contributed by atoms with van der Waals surface area (Å²) < 4.78 is 0. The molecule has 0 aliphatic carbocycles. The van der Waals surface area contributed by atoms with Crippen LogP contribution in [0.2, 0.25) is 0 Å². The van der Waals surface area contributed by atoms with Crippen molar-refractivity contribution in [2.75, 3.05) is 0 Å². The SMILES string of the molecule is Cl.O=C(CCc1ccc2c(c1)CN(C1CCC(=O)NC1=O)C2=O)Cc1ccncc1. The Balaban J connectivity index is 0.00000256. The van der Waals surface area contributed by atoms with Gasteiger partial charge in [0.25, 0.3) is 5.91 Å². The maximum absolute atomic E-state index is 12.7. The number of Topliss-reactive ketones (excluding diaryl/α,β-unsaturated/α-hetero) is 1. The molecule has 0 bridgehead atoms. The van der Waals surface area contributed by atoms with Crippen LogP contribution in [0.1, 0.15) is 46.3 Å². The van der Waals surface area contributed by atoms with E-state index in [9.17, 15) is 19.2 Å². The molecule has 3 heterocycles. The molecule has 1 aromatic carbocycles. The van der Waals surface area contributed by atoms with Crippen LogP contribution in [0.15, 0.2) is 42.7 Å². The molecule has 8 heteroatoms. The van der Waals surface area contributed by atoms with Crippen LogP contribution >= 0.6 is 12.4 Å². The van der Waals surface area contributed by atoms with Crippen molar-refractivity contribution in [3.05, 3.63) is 65.0 Å². The number of amides is 3. The van der Waals surface area contributed by atoms with Gasteiger partial charge in [-0.1, -0.05) is 12.1 Å². The predicted octanol–water partition coefficient (Wildman–Crippen LogP) is 2.01. The predicted molar refractivity (Wildman–Crippen MR) is 111 cm³/mol. The van der Waals surface area contributed by atoms with Crippen LogP contribution in [-0.4, -0.2) is 39.4 Å². The number of nitrogens with one attached hydrogen (secondary N) is 1. The monoisotopic (exact) mass is 427 g/mol. The van der Waals surface area contributed by atoms with Gasteiger partial charge in [0.1, 0.15) is 11.8 Å². The molecule has 7 nitrogen and oxygen atoms in total. The third-order valence-electron chi connectivity index (χ3n) is 5.43. The summed E-state index contributed by atoms with van der Waals surface area (Å²) >= 11 is 0. The van der Waals surface area contributed by atoms with E-state index in [2.05, 4.69) is 10.3 Å². The van der Waals surface area contributed by atoms with Crippen molar-refractivity contribution in [2.45, 2.75) is 44.7 Å². The first-order valence-corrected chi connectivity index (χ1v) is 9.68. The lowest BCUT2D eigenvalue weighted by Crippen LogP contribution is -2.52. The number of aryl methyl sites for hydroxylation is 1. The lowest BCUT2D eigenvalue weighted by Gasteiger charge is -2.29. The van der Waals surface area contributed by atoms with Crippen molar-refractivity contribution >= 4 is 35.9 Å². The van der Waals surface area contributed by atoms with E-state index in [1.165, 1.54) is 4.90 Å². The van der Waals surface area contributed by atoms with E-state index in [1.54, 1.807) is 18.5 Å². The zero-order chi connectivity index (χ0) is 20.4. The van der Waals surface area contributed by atoms with Gasteiger partial charge in [0, 0.05) is 43.8 Å². The maximum atomic E-state index is 12.7. The van der Waals surface area contributed by atoms with Gasteiger partial charge in [-0.15, -0.1) is 12.4 Å². The summed E-state index contributed by atoms with van der Waals surface area (Å²) in [7, 11) is 0. The van der Waals surface area contributed by atoms with E-state index in [0.29, 0.717) is 37.8 Å². The average molecular weight is 428 g/mol. The Morgan fingerprint density at radius 3 is 2.60 bits per heavy atom. The number of hydrogen-bond acceptors (Lipinski definition) is 5. The van der Waals surface area contributed by atoms with Gasteiger partial charge in [-0.05, 0) is 47.7 Å². The van der Waals surface area contributed by atoms with E-state index in [4.69, 9.17) is 0 Å². The zero-order valence-corrected chi connectivity index (χ0v) is 17.1. The smallest absolute Gasteiger partial charge is 0.255 e. The van der Waals surface area contributed by atoms with Crippen LogP contribution in [0.3, 0.4) is 0 Å². The Morgan fingerprint density at radius 1 is 1.10 bits per heavy atom. The van der Waals surface area contributed by atoms with Crippen LogP contribution < -0.4 is 5.32 Å². The molecule has 1 aromatic heterocycles. The number of benzene rings is 1. The largest absolute Gasteiger partial charge is 0.322 e. The van der Waals surface area contributed by atoms with Gasteiger partial charge in [0.15, 0.2) is 0 Å². The molecule has 0 spiro atoms. The Labute approximate surface area is 180 Å². The molecule has 0 saturated carbocycles. The molecule has 0 radical (unpaired) electrons. The van der Waals surface area contributed by atoms with Gasteiger partial charge in [0.05, 0.1) is 0 Å². The van der Waals surface area contributed by atoms with Gasteiger partial charge < -0.3 is 4.90 Å². The van der Waals surface area contributed by atoms with Gasteiger partial charge in [-0.3, -0.25) is 29.5 Å². The minimum atomic E-state index is -0.613. The Morgan fingerprint density at radius 2 is 1.87 bits per heavy atom. The highest BCUT2D eigenvalue weighted by Gasteiger charge is 2.38. The minimum absolute atomic E-state index is 0. The molecule has 4 rings (SSSR count). The van der Waals surface area contributed by atoms with E-state index in [-0.39, 0.29) is 36.4 Å².